The molecule has 2 nitrogen and oxygen atoms in total. The monoisotopic (exact) mass is 356 g/mol. The Morgan fingerprint density at radius 1 is 0.778 bits per heavy atom. The van der Waals surface area contributed by atoms with Crippen LogP contribution in [0.2, 0.25) is 0 Å². The van der Waals surface area contributed by atoms with Gasteiger partial charge in [0.15, 0.2) is 0 Å². The zero-order valence-corrected chi connectivity index (χ0v) is 15.5. The number of hydrogen-bond donors (Lipinski definition) is 0. The highest BCUT2D eigenvalue weighted by Gasteiger charge is 2.15. The van der Waals surface area contributed by atoms with Gasteiger partial charge in [-0.1, -0.05) is 66.7 Å². The van der Waals surface area contributed by atoms with Crippen LogP contribution in [0.1, 0.15) is 16.7 Å². The van der Waals surface area contributed by atoms with Crippen molar-refractivity contribution in [1.29, 1.82) is 0 Å². The second-order valence-corrected chi connectivity index (χ2v) is 6.79. The first-order valence-corrected chi connectivity index (χ1v) is 9.07. The normalized spacial score (nSPS) is 10.9. The molecule has 0 aliphatic heterocycles. The van der Waals surface area contributed by atoms with Crippen LogP contribution in [0.25, 0.3) is 22.5 Å². The van der Waals surface area contributed by atoms with E-state index in [1.165, 1.54) is 17.2 Å². The zero-order valence-electron chi connectivity index (χ0n) is 15.5. The highest BCUT2D eigenvalue weighted by molar-refractivity contribution is 5.72. The summed E-state index contributed by atoms with van der Waals surface area (Å²) in [6.07, 6.45) is 0. The van der Waals surface area contributed by atoms with Crippen molar-refractivity contribution in [3.8, 4) is 22.5 Å². The summed E-state index contributed by atoms with van der Waals surface area (Å²) in [5.41, 5.74) is 7.08. The minimum Gasteiger partial charge on any atom is -0.260 e. The predicted molar refractivity (Wildman–Crippen MR) is 108 cm³/mol. The molecule has 0 amide bonds. The van der Waals surface area contributed by atoms with Crippen LogP contribution < -0.4 is 0 Å². The van der Waals surface area contributed by atoms with Gasteiger partial charge in [-0.3, -0.25) is 4.68 Å². The van der Waals surface area contributed by atoms with Crippen molar-refractivity contribution in [2.75, 3.05) is 0 Å². The lowest BCUT2D eigenvalue weighted by atomic mass is 10.0. The van der Waals surface area contributed by atoms with Gasteiger partial charge in [0.1, 0.15) is 5.82 Å². The minimum absolute atomic E-state index is 0.207. The smallest absolute Gasteiger partial charge is 0.128 e. The maximum Gasteiger partial charge on any atom is 0.128 e. The summed E-state index contributed by atoms with van der Waals surface area (Å²) in [5, 5.41) is 4.85. The first kappa shape index (κ1) is 17.2. The van der Waals surface area contributed by atoms with Gasteiger partial charge in [-0.25, -0.2) is 4.39 Å². The van der Waals surface area contributed by atoms with Gasteiger partial charge in [-0.05, 0) is 37.1 Å². The topological polar surface area (TPSA) is 17.8 Å². The van der Waals surface area contributed by atoms with Crippen molar-refractivity contribution >= 4 is 0 Å². The van der Waals surface area contributed by atoms with E-state index in [9.17, 15) is 4.39 Å². The van der Waals surface area contributed by atoms with Gasteiger partial charge in [-0.2, -0.15) is 5.10 Å². The molecule has 0 fully saturated rings. The van der Waals surface area contributed by atoms with Crippen LogP contribution in [0.4, 0.5) is 4.39 Å². The molecule has 1 heterocycles. The lowest BCUT2D eigenvalue weighted by molar-refractivity contribution is 0.587. The SMILES string of the molecule is Cc1ccccc1-c1cc(-c2ccccc2C)n(Cc2ccccc2F)n1. The molecule has 0 bridgehead atoms. The molecule has 1 aromatic heterocycles. The molecule has 0 atom stereocenters. The van der Waals surface area contributed by atoms with E-state index in [-0.39, 0.29) is 5.82 Å². The Labute approximate surface area is 158 Å². The number of halogens is 1. The van der Waals surface area contributed by atoms with Crippen LogP contribution in [-0.2, 0) is 6.54 Å². The van der Waals surface area contributed by atoms with Crippen molar-refractivity contribution in [3.63, 3.8) is 0 Å². The second-order valence-electron chi connectivity index (χ2n) is 6.79. The first-order valence-electron chi connectivity index (χ1n) is 9.07. The van der Waals surface area contributed by atoms with Crippen molar-refractivity contribution in [2.45, 2.75) is 20.4 Å². The molecular formula is C24H21FN2. The molecular weight excluding hydrogens is 335 g/mol. The summed E-state index contributed by atoms with van der Waals surface area (Å²) in [5.74, 6) is -0.207. The lowest BCUT2D eigenvalue weighted by Gasteiger charge is -2.10. The Hall–Kier alpha value is -3.20. The molecule has 0 N–H and O–H groups in total. The lowest BCUT2D eigenvalue weighted by Crippen LogP contribution is -2.06. The minimum atomic E-state index is -0.207. The van der Waals surface area contributed by atoms with Crippen LogP contribution in [0, 0.1) is 19.7 Å². The first-order chi connectivity index (χ1) is 13.1. The molecule has 4 aromatic rings. The van der Waals surface area contributed by atoms with E-state index in [1.807, 2.05) is 41.1 Å². The molecule has 0 unspecified atom stereocenters. The Balaban J connectivity index is 1.87. The quantitative estimate of drug-likeness (QED) is 0.437. The largest absolute Gasteiger partial charge is 0.260 e. The molecule has 0 radical (unpaired) electrons. The van der Waals surface area contributed by atoms with E-state index in [0.29, 0.717) is 12.1 Å². The summed E-state index contributed by atoms with van der Waals surface area (Å²) >= 11 is 0. The van der Waals surface area contributed by atoms with Gasteiger partial charge in [0, 0.05) is 16.7 Å². The van der Waals surface area contributed by atoms with Crippen molar-refractivity contribution in [1.82, 2.24) is 9.78 Å². The summed E-state index contributed by atoms with van der Waals surface area (Å²) in [6, 6.07) is 25.4. The fraction of sp³-hybridized carbons (Fsp3) is 0.125. The number of aryl methyl sites for hydroxylation is 2. The van der Waals surface area contributed by atoms with Crippen LogP contribution in [0.3, 0.4) is 0 Å². The number of hydrogen-bond acceptors (Lipinski definition) is 1. The van der Waals surface area contributed by atoms with Crippen molar-refractivity contribution < 1.29 is 4.39 Å². The number of aromatic nitrogens is 2. The fourth-order valence-corrected chi connectivity index (χ4v) is 3.39. The molecule has 3 aromatic carbocycles. The third-order valence-electron chi connectivity index (χ3n) is 4.90. The van der Waals surface area contributed by atoms with Gasteiger partial charge in [0.25, 0.3) is 0 Å². The van der Waals surface area contributed by atoms with Gasteiger partial charge >= 0.3 is 0 Å². The van der Waals surface area contributed by atoms with E-state index in [1.54, 1.807) is 6.07 Å². The highest BCUT2D eigenvalue weighted by atomic mass is 19.1. The van der Waals surface area contributed by atoms with Crippen molar-refractivity contribution in [3.05, 3.63) is 101 Å². The summed E-state index contributed by atoms with van der Waals surface area (Å²) in [7, 11) is 0. The van der Waals surface area contributed by atoms with Crippen LogP contribution in [-0.4, -0.2) is 9.78 Å². The Morgan fingerprint density at radius 3 is 2.04 bits per heavy atom. The zero-order chi connectivity index (χ0) is 18.8. The summed E-state index contributed by atoms with van der Waals surface area (Å²) in [4.78, 5) is 0. The van der Waals surface area contributed by atoms with Gasteiger partial charge < -0.3 is 0 Å². The molecule has 0 aliphatic carbocycles. The maximum atomic E-state index is 14.2. The highest BCUT2D eigenvalue weighted by Crippen LogP contribution is 2.30. The summed E-state index contributed by atoms with van der Waals surface area (Å²) in [6.45, 7) is 4.56. The van der Waals surface area contributed by atoms with E-state index >= 15 is 0 Å². The molecule has 4 rings (SSSR count). The van der Waals surface area contributed by atoms with Crippen LogP contribution in [0.5, 0.6) is 0 Å². The average molecular weight is 356 g/mol. The molecule has 3 heteroatoms. The second kappa shape index (κ2) is 7.20. The molecule has 134 valence electrons. The van der Waals surface area contributed by atoms with E-state index in [2.05, 4.69) is 44.2 Å². The van der Waals surface area contributed by atoms with Crippen LogP contribution >= 0.6 is 0 Å². The van der Waals surface area contributed by atoms with Crippen molar-refractivity contribution in [2.24, 2.45) is 0 Å². The van der Waals surface area contributed by atoms with E-state index < -0.39 is 0 Å². The number of nitrogens with zero attached hydrogens (tertiary/aromatic N) is 2. The number of benzene rings is 3. The van der Waals surface area contributed by atoms with Gasteiger partial charge in [0.2, 0.25) is 0 Å². The van der Waals surface area contributed by atoms with E-state index in [0.717, 1.165) is 22.5 Å². The summed E-state index contributed by atoms with van der Waals surface area (Å²) < 4.78 is 16.1. The molecule has 27 heavy (non-hydrogen) atoms. The van der Waals surface area contributed by atoms with Gasteiger partial charge in [-0.15, -0.1) is 0 Å². The third kappa shape index (κ3) is 3.41. The number of rotatable bonds is 4. The standard InChI is InChI=1S/C24H21FN2/c1-17-9-3-6-12-20(17)23-15-24(21-13-7-4-10-18(21)2)27(26-23)16-19-11-5-8-14-22(19)25/h3-15H,16H2,1-2H3. The van der Waals surface area contributed by atoms with Gasteiger partial charge in [0.05, 0.1) is 17.9 Å². The van der Waals surface area contributed by atoms with Crippen LogP contribution in [0.15, 0.2) is 78.9 Å². The Kier molecular flexibility index (Phi) is 4.59. The Bertz CT molecular complexity index is 1090. The third-order valence-corrected chi connectivity index (χ3v) is 4.90. The molecule has 0 aliphatic rings. The van der Waals surface area contributed by atoms with E-state index in [4.69, 9.17) is 5.10 Å². The Morgan fingerprint density at radius 2 is 1.37 bits per heavy atom. The molecule has 0 saturated heterocycles. The maximum absolute atomic E-state index is 14.2. The molecule has 0 saturated carbocycles. The average Bonchev–Trinajstić information content (AvgIpc) is 3.08. The fourth-order valence-electron chi connectivity index (χ4n) is 3.39. The predicted octanol–water partition coefficient (Wildman–Crippen LogP) is 6.02. The molecule has 0 spiro atoms.